The van der Waals surface area contributed by atoms with E-state index < -0.39 is 15.9 Å². The SMILES string of the molecule is CNC(=O)Oc1cccc(NCCS(=O)(=O)c2ccc(C#N)cn2)c1. The van der Waals surface area contributed by atoms with Crippen LogP contribution in [0.5, 0.6) is 5.75 Å². The number of pyridine rings is 1. The normalized spacial score (nSPS) is 10.6. The Morgan fingerprint density at radius 3 is 2.76 bits per heavy atom. The highest BCUT2D eigenvalue weighted by molar-refractivity contribution is 7.91. The Kier molecular flexibility index (Phi) is 5.92. The van der Waals surface area contributed by atoms with Crippen molar-refractivity contribution in [1.29, 1.82) is 5.26 Å². The standard InChI is InChI=1S/C16H16N4O4S/c1-18-16(21)24-14-4-2-3-13(9-14)19-7-8-25(22,23)15-6-5-12(10-17)11-20-15/h2-6,9,11,19H,7-8H2,1H3,(H,18,21). The van der Waals surface area contributed by atoms with Gasteiger partial charge in [-0.1, -0.05) is 6.07 Å². The maximum Gasteiger partial charge on any atom is 0.412 e. The lowest BCUT2D eigenvalue weighted by Crippen LogP contribution is -2.22. The lowest BCUT2D eigenvalue weighted by atomic mass is 10.3. The minimum Gasteiger partial charge on any atom is -0.410 e. The molecule has 2 N–H and O–H groups in total. The van der Waals surface area contributed by atoms with Crippen LogP contribution < -0.4 is 15.4 Å². The van der Waals surface area contributed by atoms with E-state index in [0.717, 1.165) is 0 Å². The summed E-state index contributed by atoms with van der Waals surface area (Å²) in [6.07, 6.45) is 0.631. The topological polar surface area (TPSA) is 121 Å². The first-order valence-corrected chi connectivity index (χ1v) is 8.92. The van der Waals surface area contributed by atoms with Crippen LogP contribution in [0.15, 0.2) is 47.6 Å². The Hall–Kier alpha value is -3.12. The number of carbonyl (C=O) groups is 1. The molecule has 0 aliphatic heterocycles. The molecule has 2 rings (SSSR count). The molecule has 0 aliphatic rings. The van der Waals surface area contributed by atoms with Crippen LogP contribution in [-0.4, -0.2) is 38.8 Å². The molecular formula is C16H16N4O4S. The molecule has 8 nitrogen and oxygen atoms in total. The monoisotopic (exact) mass is 360 g/mol. The number of hydrogen-bond donors (Lipinski definition) is 2. The third-order valence-corrected chi connectivity index (χ3v) is 4.75. The predicted molar refractivity (Wildman–Crippen MR) is 91.0 cm³/mol. The summed E-state index contributed by atoms with van der Waals surface area (Å²) in [7, 11) is -2.12. The second-order valence-electron chi connectivity index (χ2n) is 4.91. The van der Waals surface area contributed by atoms with Gasteiger partial charge < -0.3 is 15.4 Å². The Morgan fingerprint density at radius 2 is 2.12 bits per heavy atom. The van der Waals surface area contributed by atoms with Gasteiger partial charge in [0.05, 0.1) is 11.3 Å². The van der Waals surface area contributed by atoms with Crippen LogP contribution in [0.3, 0.4) is 0 Å². The lowest BCUT2D eigenvalue weighted by Gasteiger charge is -2.09. The number of rotatable bonds is 6. The summed E-state index contributed by atoms with van der Waals surface area (Å²) in [4.78, 5) is 15.0. The van der Waals surface area contributed by atoms with Crippen LogP contribution in [0.2, 0.25) is 0 Å². The Balaban J connectivity index is 1.96. The van der Waals surface area contributed by atoms with Gasteiger partial charge in [-0.15, -0.1) is 0 Å². The number of carbonyl (C=O) groups excluding carboxylic acids is 1. The summed E-state index contributed by atoms with van der Waals surface area (Å²) in [6.45, 7) is 0.146. The van der Waals surface area contributed by atoms with E-state index >= 15 is 0 Å². The molecule has 2 aromatic rings. The van der Waals surface area contributed by atoms with Gasteiger partial charge in [0, 0.05) is 31.5 Å². The van der Waals surface area contributed by atoms with Crippen molar-refractivity contribution in [2.75, 3.05) is 24.7 Å². The molecule has 0 aliphatic carbocycles. The summed E-state index contributed by atoms with van der Waals surface area (Å²) in [5.41, 5.74) is 0.911. The molecule has 1 aromatic carbocycles. The fourth-order valence-corrected chi connectivity index (χ4v) is 2.96. The van der Waals surface area contributed by atoms with Gasteiger partial charge in [-0.2, -0.15) is 5.26 Å². The van der Waals surface area contributed by atoms with Gasteiger partial charge in [0.25, 0.3) is 0 Å². The van der Waals surface area contributed by atoms with E-state index in [0.29, 0.717) is 17.0 Å². The molecule has 9 heteroatoms. The highest BCUT2D eigenvalue weighted by Crippen LogP contribution is 2.17. The molecule has 0 fully saturated rings. The first-order valence-electron chi connectivity index (χ1n) is 7.27. The number of nitrogens with one attached hydrogen (secondary N) is 2. The second-order valence-corrected chi connectivity index (χ2v) is 6.97. The van der Waals surface area contributed by atoms with Crippen molar-refractivity contribution in [1.82, 2.24) is 10.3 Å². The van der Waals surface area contributed by atoms with Crippen LogP contribution >= 0.6 is 0 Å². The fourth-order valence-electron chi connectivity index (χ4n) is 1.89. The van der Waals surface area contributed by atoms with E-state index in [9.17, 15) is 13.2 Å². The van der Waals surface area contributed by atoms with E-state index in [1.165, 1.54) is 25.4 Å². The fraction of sp³-hybridized carbons (Fsp3) is 0.188. The number of ether oxygens (including phenoxy) is 1. The summed E-state index contributed by atoms with van der Waals surface area (Å²) in [6, 6.07) is 11.2. The van der Waals surface area contributed by atoms with E-state index in [2.05, 4.69) is 15.6 Å². The average Bonchev–Trinajstić information content (AvgIpc) is 2.62. The van der Waals surface area contributed by atoms with Crippen molar-refractivity contribution in [2.45, 2.75) is 5.03 Å². The molecule has 0 radical (unpaired) electrons. The van der Waals surface area contributed by atoms with Gasteiger partial charge in [-0.05, 0) is 24.3 Å². The zero-order valence-electron chi connectivity index (χ0n) is 13.4. The van der Waals surface area contributed by atoms with E-state index in [-0.39, 0.29) is 17.3 Å². The summed E-state index contributed by atoms with van der Waals surface area (Å²) in [5, 5.41) is 13.9. The second kappa shape index (κ2) is 8.12. The molecule has 1 heterocycles. The Bertz CT molecular complexity index is 889. The first kappa shape index (κ1) is 18.2. The molecule has 0 spiro atoms. The van der Waals surface area contributed by atoms with Gasteiger partial charge in [0.2, 0.25) is 0 Å². The Morgan fingerprint density at radius 1 is 1.32 bits per heavy atom. The largest absolute Gasteiger partial charge is 0.412 e. The van der Waals surface area contributed by atoms with Crippen molar-refractivity contribution in [2.24, 2.45) is 0 Å². The van der Waals surface area contributed by atoms with Crippen LogP contribution in [0.25, 0.3) is 0 Å². The number of benzene rings is 1. The number of sulfone groups is 1. The number of nitriles is 1. The number of aromatic nitrogens is 1. The van der Waals surface area contributed by atoms with Crippen LogP contribution in [0, 0.1) is 11.3 Å². The van der Waals surface area contributed by atoms with Crippen molar-refractivity contribution < 1.29 is 17.9 Å². The molecule has 0 bridgehead atoms. The van der Waals surface area contributed by atoms with Crippen LogP contribution in [0.1, 0.15) is 5.56 Å². The number of amides is 1. The molecule has 0 saturated carbocycles. The lowest BCUT2D eigenvalue weighted by molar-refractivity contribution is 0.203. The zero-order chi connectivity index (χ0) is 18.3. The average molecular weight is 360 g/mol. The molecular weight excluding hydrogens is 344 g/mol. The molecule has 130 valence electrons. The van der Waals surface area contributed by atoms with E-state index in [4.69, 9.17) is 10.00 Å². The molecule has 1 amide bonds. The van der Waals surface area contributed by atoms with E-state index in [1.54, 1.807) is 24.3 Å². The summed E-state index contributed by atoms with van der Waals surface area (Å²) in [5.74, 6) is 0.160. The third kappa shape index (κ3) is 5.19. The highest BCUT2D eigenvalue weighted by Gasteiger charge is 2.15. The van der Waals surface area contributed by atoms with Crippen LogP contribution in [0.4, 0.5) is 10.5 Å². The molecule has 25 heavy (non-hydrogen) atoms. The molecule has 0 saturated heterocycles. The Labute approximate surface area is 145 Å². The first-order chi connectivity index (χ1) is 11.9. The van der Waals surface area contributed by atoms with Crippen molar-refractivity contribution in [3.63, 3.8) is 0 Å². The van der Waals surface area contributed by atoms with Gasteiger partial charge in [0.15, 0.2) is 14.9 Å². The minimum atomic E-state index is -3.57. The zero-order valence-corrected chi connectivity index (χ0v) is 14.2. The summed E-state index contributed by atoms with van der Waals surface area (Å²) >= 11 is 0. The molecule has 0 atom stereocenters. The number of nitrogens with zero attached hydrogens (tertiary/aromatic N) is 2. The van der Waals surface area contributed by atoms with Crippen molar-refractivity contribution in [3.05, 3.63) is 48.2 Å². The van der Waals surface area contributed by atoms with Gasteiger partial charge >= 0.3 is 6.09 Å². The minimum absolute atomic E-state index is 0.0787. The van der Waals surface area contributed by atoms with Gasteiger partial charge in [-0.25, -0.2) is 18.2 Å². The smallest absolute Gasteiger partial charge is 0.410 e. The highest BCUT2D eigenvalue weighted by atomic mass is 32.2. The number of anilines is 1. The maximum atomic E-state index is 12.2. The van der Waals surface area contributed by atoms with Crippen molar-refractivity contribution in [3.8, 4) is 11.8 Å². The van der Waals surface area contributed by atoms with E-state index in [1.807, 2.05) is 6.07 Å². The van der Waals surface area contributed by atoms with Gasteiger partial charge in [-0.3, -0.25) is 0 Å². The third-order valence-electron chi connectivity index (χ3n) is 3.13. The summed E-state index contributed by atoms with van der Waals surface area (Å²) < 4.78 is 29.4. The predicted octanol–water partition coefficient (Wildman–Crippen LogP) is 1.56. The van der Waals surface area contributed by atoms with Gasteiger partial charge in [0.1, 0.15) is 11.8 Å². The number of hydrogen-bond acceptors (Lipinski definition) is 7. The quantitative estimate of drug-likeness (QED) is 0.801. The van der Waals surface area contributed by atoms with Crippen LogP contribution in [-0.2, 0) is 9.84 Å². The van der Waals surface area contributed by atoms with Crippen molar-refractivity contribution >= 4 is 21.6 Å². The maximum absolute atomic E-state index is 12.2. The molecule has 0 unspecified atom stereocenters. The molecule has 1 aromatic heterocycles.